The fraction of sp³-hybridized carbons (Fsp3) is 0.167. The summed E-state index contributed by atoms with van der Waals surface area (Å²) in [7, 11) is 0. The van der Waals surface area contributed by atoms with Gasteiger partial charge in [0.25, 0.3) is 0 Å². The summed E-state index contributed by atoms with van der Waals surface area (Å²) in [5, 5.41) is 24.0. The Labute approximate surface area is 159 Å². The molecule has 0 aliphatic rings. The predicted octanol–water partition coefficient (Wildman–Crippen LogP) is 7.41. The van der Waals surface area contributed by atoms with Crippen LogP contribution < -0.4 is 0 Å². The molecule has 134 valence electrons. The molecule has 4 rings (SSSR count). The SMILES string of the molecule is CC(C)(C)c1cccc(N=Nc2c3ccccc3cc3ccccc23)c1O. The number of fused-ring (bicyclic) bond motifs is 2. The first-order chi connectivity index (χ1) is 12.9. The summed E-state index contributed by atoms with van der Waals surface area (Å²) >= 11 is 0. The third kappa shape index (κ3) is 3.17. The van der Waals surface area contributed by atoms with Gasteiger partial charge in [0.2, 0.25) is 0 Å². The normalized spacial score (nSPS) is 12.3. The van der Waals surface area contributed by atoms with Crippen LogP contribution in [0.5, 0.6) is 5.75 Å². The van der Waals surface area contributed by atoms with Gasteiger partial charge in [-0.25, -0.2) is 0 Å². The number of nitrogens with zero attached hydrogens (tertiary/aromatic N) is 2. The highest BCUT2D eigenvalue weighted by atomic mass is 16.3. The van der Waals surface area contributed by atoms with E-state index in [2.05, 4.69) is 61.3 Å². The molecule has 1 N–H and O–H groups in total. The zero-order valence-corrected chi connectivity index (χ0v) is 15.8. The van der Waals surface area contributed by atoms with Crippen LogP contribution in [0.15, 0.2) is 83.0 Å². The fourth-order valence-electron chi connectivity index (χ4n) is 3.42. The molecule has 0 amide bonds. The van der Waals surface area contributed by atoms with Gasteiger partial charge < -0.3 is 5.11 Å². The molecule has 3 nitrogen and oxygen atoms in total. The Morgan fingerprint density at radius 1 is 0.704 bits per heavy atom. The van der Waals surface area contributed by atoms with Gasteiger partial charge in [0.05, 0.1) is 0 Å². The average molecular weight is 354 g/mol. The molecule has 0 aliphatic heterocycles. The molecule has 0 unspecified atom stereocenters. The van der Waals surface area contributed by atoms with E-state index >= 15 is 0 Å². The second-order valence-electron chi connectivity index (χ2n) is 7.79. The predicted molar refractivity (Wildman–Crippen MR) is 112 cm³/mol. The summed E-state index contributed by atoms with van der Waals surface area (Å²) < 4.78 is 0. The van der Waals surface area contributed by atoms with Gasteiger partial charge in [0.1, 0.15) is 17.1 Å². The Bertz CT molecular complexity index is 1120. The van der Waals surface area contributed by atoms with Crippen molar-refractivity contribution < 1.29 is 5.11 Å². The van der Waals surface area contributed by atoms with Gasteiger partial charge in [-0.2, -0.15) is 0 Å². The van der Waals surface area contributed by atoms with Crippen LogP contribution in [-0.4, -0.2) is 5.11 Å². The van der Waals surface area contributed by atoms with Crippen molar-refractivity contribution in [1.82, 2.24) is 0 Å². The van der Waals surface area contributed by atoms with E-state index in [1.807, 2.05) is 36.4 Å². The van der Waals surface area contributed by atoms with Crippen molar-refractivity contribution in [2.24, 2.45) is 10.2 Å². The van der Waals surface area contributed by atoms with Gasteiger partial charge in [0.15, 0.2) is 0 Å². The number of phenols is 1. The maximum atomic E-state index is 10.7. The topological polar surface area (TPSA) is 45.0 Å². The Kier molecular flexibility index (Phi) is 4.15. The molecular weight excluding hydrogens is 332 g/mol. The van der Waals surface area contributed by atoms with Crippen LogP contribution in [0, 0.1) is 0 Å². The minimum Gasteiger partial charge on any atom is -0.505 e. The van der Waals surface area contributed by atoms with Gasteiger partial charge in [-0.05, 0) is 28.3 Å². The first-order valence-electron chi connectivity index (χ1n) is 9.10. The lowest BCUT2D eigenvalue weighted by molar-refractivity contribution is 0.448. The van der Waals surface area contributed by atoms with E-state index in [-0.39, 0.29) is 11.2 Å². The Morgan fingerprint density at radius 2 is 1.30 bits per heavy atom. The van der Waals surface area contributed by atoms with Crippen LogP contribution in [0.1, 0.15) is 26.3 Å². The smallest absolute Gasteiger partial charge is 0.146 e. The van der Waals surface area contributed by atoms with Crippen LogP contribution in [0.3, 0.4) is 0 Å². The van der Waals surface area contributed by atoms with E-state index in [0.29, 0.717) is 5.69 Å². The lowest BCUT2D eigenvalue weighted by Gasteiger charge is -2.20. The largest absolute Gasteiger partial charge is 0.505 e. The van der Waals surface area contributed by atoms with E-state index in [4.69, 9.17) is 0 Å². The van der Waals surface area contributed by atoms with E-state index < -0.39 is 0 Å². The maximum Gasteiger partial charge on any atom is 0.146 e. The van der Waals surface area contributed by atoms with E-state index in [9.17, 15) is 5.11 Å². The Morgan fingerprint density at radius 3 is 1.89 bits per heavy atom. The molecule has 0 fully saturated rings. The summed E-state index contributed by atoms with van der Waals surface area (Å²) in [6.45, 7) is 6.21. The van der Waals surface area contributed by atoms with Crippen LogP contribution >= 0.6 is 0 Å². The number of benzene rings is 4. The van der Waals surface area contributed by atoms with Crippen molar-refractivity contribution >= 4 is 32.9 Å². The zero-order chi connectivity index (χ0) is 19.0. The van der Waals surface area contributed by atoms with Crippen molar-refractivity contribution in [1.29, 1.82) is 0 Å². The first-order valence-corrected chi connectivity index (χ1v) is 9.10. The van der Waals surface area contributed by atoms with Crippen molar-refractivity contribution in [3.63, 3.8) is 0 Å². The molecule has 27 heavy (non-hydrogen) atoms. The molecule has 0 spiro atoms. The summed E-state index contributed by atoms with van der Waals surface area (Å²) in [5.41, 5.74) is 2.01. The molecular formula is C24H22N2O. The number of para-hydroxylation sites is 1. The molecule has 0 aromatic heterocycles. The highest BCUT2D eigenvalue weighted by Gasteiger charge is 2.19. The van der Waals surface area contributed by atoms with Crippen LogP contribution in [0.4, 0.5) is 11.4 Å². The third-order valence-corrected chi connectivity index (χ3v) is 4.82. The summed E-state index contributed by atoms with van der Waals surface area (Å²) in [4.78, 5) is 0. The molecule has 0 atom stereocenters. The van der Waals surface area contributed by atoms with Crippen molar-refractivity contribution in [3.05, 3.63) is 78.4 Å². The third-order valence-electron chi connectivity index (χ3n) is 4.82. The molecule has 4 aromatic carbocycles. The van der Waals surface area contributed by atoms with E-state index in [1.165, 1.54) is 0 Å². The second kappa shape index (κ2) is 6.51. The Balaban J connectivity index is 1.91. The van der Waals surface area contributed by atoms with Gasteiger partial charge in [-0.3, -0.25) is 0 Å². The molecule has 0 saturated heterocycles. The number of azo groups is 1. The molecule has 4 aromatic rings. The summed E-state index contributed by atoms with van der Waals surface area (Å²) in [5.74, 6) is 0.193. The lowest BCUT2D eigenvalue weighted by atomic mass is 9.86. The minimum atomic E-state index is -0.165. The number of phenolic OH excluding ortho intramolecular Hbond substituents is 1. The quantitative estimate of drug-likeness (QED) is 0.295. The van der Waals surface area contributed by atoms with Gasteiger partial charge >= 0.3 is 0 Å². The minimum absolute atomic E-state index is 0.165. The zero-order valence-electron chi connectivity index (χ0n) is 15.8. The molecule has 0 radical (unpaired) electrons. The number of rotatable bonds is 2. The van der Waals surface area contributed by atoms with Crippen molar-refractivity contribution in [2.75, 3.05) is 0 Å². The van der Waals surface area contributed by atoms with E-state index in [1.54, 1.807) is 6.07 Å². The van der Waals surface area contributed by atoms with Gasteiger partial charge in [0, 0.05) is 16.3 Å². The number of hydrogen-bond acceptors (Lipinski definition) is 3. The highest BCUT2D eigenvalue weighted by molar-refractivity contribution is 6.09. The Hall–Kier alpha value is -3.20. The number of aromatic hydroxyl groups is 1. The molecule has 0 bridgehead atoms. The van der Waals surface area contributed by atoms with Crippen LogP contribution in [0.2, 0.25) is 0 Å². The van der Waals surface area contributed by atoms with E-state index in [0.717, 1.165) is 32.8 Å². The summed E-state index contributed by atoms with van der Waals surface area (Å²) in [6.07, 6.45) is 0. The average Bonchev–Trinajstić information content (AvgIpc) is 2.65. The lowest BCUT2D eigenvalue weighted by Crippen LogP contribution is -2.10. The van der Waals surface area contributed by atoms with Crippen LogP contribution in [-0.2, 0) is 5.41 Å². The molecule has 0 saturated carbocycles. The van der Waals surface area contributed by atoms with Gasteiger partial charge in [-0.15, -0.1) is 10.2 Å². The molecule has 0 heterocycles. The summed E-state index contributed by atoms with van der Waals surface area (Å²) in [6, 6.07) is 24.1. The monoisotopic (exact) mass is 354 g/mol. The number of hydrogen-bond donors (Lipinski definition) is 1. The standard InChI is InChI=1S/C24H22N2O/c1-24(2,3)20-13-8-14-21(23(20)27)25-26-22-18-11-6-4-9-16(18)15-17-10-5-7-12-19(17)22/h4-15,27H,1-3H3. The van der Waals surface area contributed by atoms with Gasteiger partial charge in [-0.1, -0.05) is 81.4 Å². The van der Waals surface area contributed by atoms with Crippen LogP contribution in [0.25, 0.3) is 21.5 Å². The highest BCUT2D eigenvalue weighted by Crippen LogP contribution is 2.40. The van der Waals surface area contributed by atoms with Crippen molar-refractivity contribution in [3.8, 4) is 5.75 Å². The van der Waals surface area contributed by atoms with Crippen molar-refractivity contribution in [2.45, 2.75) is 26.2 Å². The first kappa shape index (κ1) is 17.2. The fourth-order valence-corrected chi connectivity index (χ4v) is 3.42. The molecule has 3 heteroatoms. The molecule has 0 aliphatic carbocycles. The second-order valence-corrected chi connectivity index (χ2v) is 7.79. The maximum absolute atomic E-state index is 10.7.